The highest BCUT2D eigenvalue weighted by molar-refractivity contribution is 5.81. The standard InChI is InChI=1S/C15H19F3N2O/c1-10(19)13(21)20-9-14(6-3-7-14)11-4-2-5-12(8-11)15(16,17)18/h2,4-5,8,10H,3,6-7,9,19H2,1H3,(H,20,21)/t10-/m0/s1. The SMILES string of the molecule is C[C@H](N)C(=O)NCC1(c2cccc(C(F)(F)F)c2)CCC1. The number of nitrogens with one attached hydrogen (secondary N) is 1. The van der Waals surface area contributed by atoms with Gasteiger partial charge in [-0.1, -0.05) is 24.6 Å². The van der Waals surface area contributed by atoms with Crippen molar-refractivity contribution in [1.29, 1.82) is 0 Å². The molecule has 0 heterocycles. The predicted octanol–water partition coefficient (Wildman–Crippen LogP) is 2.59. The maximum absolute atomic E-state index is 12.8. The number of benzene rings is 1. The molecule has 2 rings (SSSR count). The summed E-state index contributed by atoms with van der Waals surface area (Å²) in [6, 6.07) is 4.76. The van der Waals surface area contributed by atoms with E-state index in [0.717, 1.165) is 25.3 Å². The molecule has 0 aliphatic heterocycles. The quantitative estimate of drug-likeness (QED) is 0.898. The third-order valence-electron chi connectivity index (χ3n) is 4.13. The van der Waals surface area contributed by atoms with Gasteiger partial charge in [-0.25, -0.2) is 0 Å². The molecule has 1 saturated carbocycles. The van der Waals surface area contributed by atoms with Crippen molar-refractivity contribution in [3.63, 3.8) is 0 Å². The number of halogens is 3. The lowest BCUT2D eigenvalue weighted by Crippen LogP contribution is -2.49. The highest BCUT2D eigenvalue weighted by atomic mass is 19.4. The van der Waals surface area contributed by atoms with Gasteiger partial charge in [0.1, 0.15) is 0 Å². The molecule has 0 saturated heterocycles. The lowest BCUT2D eigenvalue weighted by atomic mass is 9.64. The summed E-state index contributed by atoms with van der Waals surface area (Å²) < 4.78 is 38.4. The van der Waals surface area contributed by atoms with Crippen LogP contribution in [0.2, 0.25) is 0 Å². The van der Waals surface area contributed by atoms with Crippen molar-refractivity contribution in [2.24, 2.45) is 5.73 Å². The van der Waals surface area contributed by atoms with Gasteiger partial charge in [0.15, 0.2) is 0 Å². The van der Waals surface area contributed by atoms with Crippen LogP contribution in [0, 0.1) is 0 Å². The summed E-state index contributed by atoms with van der Waals surface area (Å²) in [5.41, 5.74) is 5.07. The molecule has 1 atom stereocenters. The molecule has 0 unspecified atom stereocenters. The summed E-state index contributed by atoms with van der Waals surface area (Å²) >= 11 is 0. The molecule has 1 aromatic carbocycles. The average Bonchev–Trinajstić information content (AvgIpc) is 2.36. The Bertz CT molecular complexity index is 522. The van der Waals surface area contributed by atoms with Crippen LogP contribution in [0.25, 0.3) is 0 Å². The van der Waals surface area contributed by atoms with Crippen molar-refractivity contribution < 1.29 is 18.0 Å². The van der Waals surface area contributed by atoms with Crippen molar-refractivity contribution >= 4 is 5.91 Å². The van der Waals surface area contributed by atoms with E-state index in [0.29, 0.717) is 12.1 Å². The van der Waals surface area contributed by atoms with Crippen molar-refractivity contribution in [2.45, 2.75) is 43.8 Å². The molecular formula is C15H19F3N2O. The number of carbonyl (C=O) groups excluding carboxylic acids is 1. The largest absolute Gasteiger partial charge is 0.416 e. The van der Waals surface area contributed by atoms with Crippen molar-refractivity contribution in [3.8, 4) is 0 Å². The zero-order chi connectivity index (χ0) is 15.7. The normalized spacial score (nSPS) is 18.7. The summed E-state index contributed by atoms with van der Waals surface area (Å²) in [6.45, 7) is 1.90. The first kappa shape index (κ1) is 15.8. The van der Waals surface area contributed by atoms with Crippen LogP contribution in [0.3, 0.4) is 0 Å². The third-order valence-corrected chi connectivity index (χ3v) is 4.13. The van der Waals surface area contributed by atoms with E-state index in [4.69, 9.17) is 5.73 Å². The second-order valence-electron chi connectivity index (χ2n) is 5.72. The topological polar surface area (TPSA) is 55.1 Å². The summed E-state index contributed by atoms with van der Waals surface area (Å²) in [5, 5.41) is 2.74. The summed E-state index contributed by atoms with van der Waals surface area (Å²) in [7, 11) is 0. The van der Waals surface area contributed by atoms with E-state index in [-0.39, 0.29) is 5.91 Å². The van der Waals surface area contributed by atoms with Gasteiger partial charge in [-0.05, 0) is 31.4 Å². The fourth-order valence-electron chi connectivity index (χ4n) is 2.61. The van der Waals surface area contributed by atoms with Gasteiger partial charge in [0, 0.05) is 12.0 Å². The minimum absolute atomic E-state index is 0.284. The van der Waals surface area contributed by atoms with Gasteiger partial charge in [0.25, 0.3) is 0 Å². The van der Waals surface area contributed by atoms with E-state index in [1.54, 1.807) is 13.0 Å². The number of hydrogen-bond acceptors (Lipinski definition) is 2. The molecule has 1 aliphatic carbocycles. The van der Waals surface area contributed by atoms with E-state index in [9.17, 15) is 18.0 Å². The Hall–Kier alpha value is -1.56. The number of hydrogen-bond donors (Lipinski definition) is 2. The molecule has 0 bridgehead atoms. The predicted molar refractivity (Wildman–Crippen MR) is 73.6 cm³/mol. The molecular weight excluding hydrogens is 281 g/mol. The Morgan fingerprint density at radius 2 is 2.10 bits per heavy atom. The van der Waals surface area contributed by atoms with Crippen molar-refractivity contribution in [2.75, 3.05) is 6.54 Å². The molecule has 3 nitrogen and oxygen atoms in total. The highest BCUT2D eigenvalue weighted by Crippen LogP contribution is 2.44. The van der Waals surface area contributed by atoms with E-state index in [1.807, 2.05) is 0 Å². The van der Waals surface area contributed by atoms with Gasteiger partial charge in [-0.15, -0.1) is 0 Å². The fourth-order valence-corrected chi connectivity index (χ4v) is 2.61. The molecule has 0 aromatic heterocycles. The van der Waals surface area contributed by atoms with Gasteiger partial charge in [0.2, 0.25) is 5.91 Å². The summed E-state index contributed by atoms with van der Waals surface area (Å²) in [4.78, 5) is 11.6. The molecule has 1 aliphatic rings. The third kappa shape index (κ3) is 3.37. The first-order valence-corrected chi connectivity index (χ1v) is 6.96. The summed E-state index contributed by atoms with van der Waals surface area (Å²) in [6.07, 6.45) is -1.86. The molecule has 21 heavy (non-hydrogen) atoms. The minimum Gasteiger partial charge on any atom is -0.354 e. The number of rotatable bonds is 4. The van der Waals surface area contributed by atoms with Crippen molar-refractivity contribution in [3.05, 3.63) is 35.4 Å². The first-order chi connectivity index (χ1) is 9.74. The number of carbonyl (C=O) groups is 1. The highest BCUT2D eigenvalue weighted by Gasteiger charge is 2.40. The second kappa shape index (κ2) is 5.67. The van der Waals surface area contributed by atoms with Crippen LogP contribution in [0.5, 0.6) is 0 Å². The smallest absolute Gasteiger partial charge is 0.354 e. The van der Waals surface area contributed by atoms with E-state index in [2.05, 4.69) is 5.32 Å². The molecule has 3 N–H and O–H groups in total. The minimum atomic E-state index is -4.35. The van der Waals surface area contributed by atoms with Crippen LogP contribution in [0.4, 0.5) is 13.2 Å². The number of nitrogens with two attached hydrogens (primary N) is 1. The Balaban J connectivity index is 2.19. The van der Waals surface area contributed by atoms with E-state index < -0.39 is 23.2 Å². The van der Waals surface area contributed by atoms with Gasteiger partial charge in [-0.2, -0.15) is 13.2 Å². The van der Waals surface area contributed by atoms with Crippen LogP contribution < -0.4 is 11.1 Å². The first-order valence-electron chi connectivity index (χ1n) is 6.96. The molecule has 0 spiro atoms. The molecule has 1 aromatic rings. The van der Waals surface area contributed by atoms with Crippen LogP contribution in [-0.2, 0) is 16.4 Å². The Morgan fingerprint density at radius 3 is 2.57 bits per heavy atom. The number of alkyl halides is 3. The molecule has 1 amide bonds. The monoisotopic (exact) mass is 300 g/mol. The van der Waals surface area contributed by atoms with Crippen LogP contribution in [0.1, 0.15) is 37.3 Å². The maximum atomic E-state index is 12.8. The van der Waals surface area contributed by atoms with Gasteiger partial charge >= 0.3 is 6.18 Å². The number of amides is 1. The Kier molecular flexibility index (Phi) is 4.27. The van der Waals surface area contributed by atoms with Crippen LogP contribution in [-0.4, -0.2) is 18.5 Å². The maximum Gasteiger partial charge on any atom is 0.416 e. The summed E-state index contributed by atoms with van der Waals surface area (Å²) in [5.74, 6) is -0.284. The van der Waals surface area contributed by atoms with Gasteiger partial charge < -0.3 is 11.1 Å². The lowest BCUT2D eigenvalue weighted by molar-refractivity contribution is -0.137. The van der Waals surface area contributed by atoms with Gasteiger partial charge in [-0.3, -0.25) is 4.79 Å². The molecule has 6 heteroatoms. The Morgan fingerprint density at radius 1 is 1.43 bits per heavy atom. The van der Waals surface area contributed by atoms with E-state index >= 15 is 0 Å². The second-order valence-corrected chi connectivity index (χ2v) is 5.72. The van der Waals surface area contributed by atoms with Crippen LogP contribution >= 0.6 is 0 Å². The van der Waals surface area contributed by atoms with Crippen LogP contribution in [0.15, 0.2) is 24.3 Å². The zero-order valence-corrected chi connectivity index (χ0v) is 11.8. The Labute approximate surface area is 121 Å². The lowest BCUT2D eigenvalue weighted by Gasteiger charge is -2.43. The molecule has 116 valence electrons. The van der Waals surface area contributed by atoms with E-state index in [1.165, 1.54) is 12.1 Å². The molecule has 1 fully saturated rings. The zero-order valence-electron chi connectivity index (χ0n) is 11.8. The molecule has 0 radical (unpaired) electrons. The average molecular weight is 300 g/mol. The fraction of sp³-hybridized carbons (Fsp3) is 0.533. The van der Waals surface area contributed by atoms with Gasteiger partial charge in [0.05, 0.1) is 11.6 Å². The van der Waals surface area contributed by atoms with Crippen molar-refractivity contribution in [1.82, 2.24) is 5.32 Å².